The molecule has 0 spiro atoms. The molecule has 2 aromatic rings. The van der Waals surface area contributed by atoms with E-state index in [0.29, 0.717) is 25.1 Å². The number of carbonyl (C=O) groups excluding carboxylic acids is 2. The van der Waals surface area contributed by atoms with Gasteiger partial charge in [0, 0.05) is 31.9 Å². The Morgan fingerprint density at radius 1 is 1.27 bits per heavy atom. The Kier molecular flexibility index (Phi) is 5.31. The van der Waals surface area contributed by atoms with E-state index in [4.69, 9.17) is 0 Å². The number of nitrogens with zero attached hydrogens (tertiary/aromatic N) is 1. The zero-order valence-corrected chi connectivity index (χ0v) is 14.0. The molecule has 2 heterocycles. The van der Waals surface area contributed by atoms with Crippen molar-refractivity contribution >= 4 is 11.9 Å². The quantitative estimate of drug-likeness (QED) is 0.715. The number of nitrogens with one attached hydrogen (secondary N) is 3. The van der Waals surface area contributed by atoms with Crippen LogP contribution in [0, 0.1) is 5.82 Å². The zero-order chi connectivity index (χ0) is 18.5. The summed E-state index contributed by atoms with van der Waals surface area (Å²) >= 11 is 0. The molecule has 0 radical (unpaired) electrons. The molecule has 136 valence electrons. The predicted molar refractivity (Wildman–Crippen MR) is 93.4 cm³/mol. The fourth-order valence-corrected chi connectivity index (χ4v) is 2.93. The number of rotatable bonds is 6. The van der Waals surface area contributed by atoms with Gasteiger partial charge >= 0.3 is 6.03 Å². The van der Waals surface area contributed by atoms with Crippen LogP contribution >= 0.6 is 0 Å². The largest absolute Gasteiger partial charge is 0.350 e. The molecule has 1 aliphatic rings. The van der Waals surface area contributed by atoms with Crippen LogP contribution in [0.1, 0.15) is 15.9 Å². The van der Waals surface area contributed by atoms with E-state index in [9.17, 15) is 18.8 Å². The number of H-pyrrole nitrogens is 1. The summed E-state index contributed by atoms with van der Waals surface area (Å²) in [6, 6.07) is 8.36. The molecule has 8 heteroatoms. The first kappa shape index (κ1) is 17.7. The van der Waals surface area contributed by atoms with Crippen molar-refractivity contribution in [3.8, 4) is 0 Å². The maximum Gasteiger partial charge on any atom is 0.317 e. The van der Waals surface area contributed by atoms with E-state index in [1.54, 1.807) is 17.0 Å². The molecule has 1 fully saturated rings. The number of benzene rings is 1. The van der Waals surface area contributed by atoms with Crippen molar-refractivity contribution < 1.29 is 14.0 Å². The topological polar surface area (TPSA) is 94.3 Å². The summed E-state index contributed by atoms with van der Waals surface area (Å²) in [6.07, 6.45) is 1.75. The van der Waals surface area contributed by atoms with Crippen LogP contribution in [0.5, 0.6) is 0 Å². The Balaban J connectivity index is 1.70. The van der Waals surface area contributed by atoms with Crippen molar-refractivity contribution in [2.45, 2.75) is 12.5 Å². The molecule has 1 atom stereocenters. The Labute approximate surface area is 149 Å². The standard InChI is InChI=1S/C18H19FN4O3/c19-14-3-1-2-12(8-14)9-15(23-7-6-20-18(23)26)11-22-17(25)13-4-5-16(24)21-10-13/h1-5,8,10,15H,6-7,9,11H2,(H,20,26)(H,21,24)(H,22,25)/t15-/m1/s1. The van der Waals surface area contributed by atoms with Gasteiger partial charge in [0.05, 0.1) is 11.6 Å². The second-order valence-corrected chi connectivity index (χ2v) is 6.06. The highest BCUT2D eigenvalue weighted by molar-refractivity contribution is 5.93. The Morgan fingerprint density at radius 3 is 2.77 bits per heavy atom. The average Bonchev–Trinajstić information content (AvgIpc) is 3.05. The van der Waals surface area contributed by atoms with E-state index < -0.39 is 0 Å². The number of hydrogen-bond acceptors (Lipinski definition) is 3. The number of hydrogen-bond donors (Lipinski definition) is 3. The van der Waals surface area contributed by atoms with Crippen LogP contribution in [0.3, 0.4) is 0 Å². The minimum absolute atomic E-state index is 0.204. The second kappa shape index (κ2) is 7.81. The molecule has 3 rings (SSSR count). The molecular formula is C18H19FN4O3. The second-order valence-electron chi connectivity index (χ2n) is 6.06. The van der Waals surface area contributed by atoms with Crippen LogP contribution in [0.4, 0.5) is 9.18 Å². The minimum Gasteiger partial charge on any atom is -0.350 e. The molecule has 7 nitrogen and oxygen atoms in total. The molecule has 3 N–H and O–H groups in total. The third-order valence-corrected chi connectivity index (χ3v) is 4.24. The fraction of sp³-hybridized carbons (Fsp3) is 0.278. The first-order chi connectivity index (χ1) is 12.5. The van der Waals surface area contributed by atoms with Gasteiger partial charge in [-0.25, -0.2) is 9.18 Å². The summed E-state index contributed by atoms with van der Waals surface area (Å²) < 4.78 is 13.4. The van der Waals surface area contributed by atoms with Gasteiger partial charge in [-0.05, 0) is 30.2 Å². The molecule has 3 amide bonds. The third kappa shape index (κ3) is 4.27. The van der Waals surface area contributed by atoms with Gasteiger partial charge in [-0.15, -0.1) is 0 Å². The lowest BCUT2D eigenvalue weighted by Crippen LogP contribution is -2.46. The van der Waals surface area contributed by atoms with E-state index >= 15 is 0 Å². The van der Waals surface area contributed by atoms with Crippen LogP contribution in [0.2, 0.25) is 0 Å². The molecule has 1 aromatic heterocycles. The number of carbonyl (C=O) groups is 2. The minimum atomic E-state index is -0.356. The first-order valence-electron chi connectivity index (χ1n) is 8.29. The lowest BCUT2D eigenvalue weighted by molar-refractivity contribution is 0.0939. The predicted octanol–water partition coefficient (Wildman–Crippen LogP) is 0.880. The number of aromatic nitrogens is 1. The van der Waals surface area contributed by atoms with Gasteiger partial charge in [0.2, 0.25) is 5.56 Å². The van der Waals surface area contributed by atoms with Gasteiger partial charge < -0.3 is 20.5 Å². The van der Waals surface area contributed by atoms with Crippen molar-refractivity contribution in [2.24, 2.45) is 0 Å². The maximum absolute atomic E-state index is 13.4. The van der Waals surface area contributed by atoms with Crippen molar-refractivity contribution in [2.75, 3.05) is 19.6 Å². The Hall–Kier alpha value is -3.16. The molecular weight excluding hydrogens is 339 g/mol. The first-order valence-corrected chi connectivity index (χ1v) is 8.29. The molecule has 1 aliphatic heterocycles. The van der Waals surface area contributed by atoms with E-state index in [0.717, 1.165) is 5.56 Å². The highest BCUT2D eigenvalue weighted by Gasteiger charge is 2.28. The van der Waals surface area contributed by atoms with Gasteiger partial charge in [-0.3, -0.25) is 9.59 Å². The van der Waals surface area contributed by atoms with E-state index in [-0.39, 0.29) is 35.9 Å². The Morgan fingerprint density at radius 2 is 2.12 bits per heavy atom. The van der Waals surface area contributed by atoms with Crippen LogP contribution in [-0.4, -0.2) is 47.5 Å². The van der Waals surface area contributed by atoms with Crippen LogP contribution in [0.25, 0.3) is 0 Å². The lowest BCUT2D eigenvalue weighted by atomic mass is 10.0. The lowest BCUT2D eigenvalue weighted by Gasteiger charge is -2.27. The molecule has 26 heavy (non-hydrogen) atoms. The number of pyridine rings is 1. The van der Waals surface area contributed by atoms with Gasteiger partial charge in [0.25, 0.3) is 5.91 Å². The molecule has 1 saturated heterocycles. The van der Waals surface area contributed by atoms with Crippen LogP contribution < -0.4 is 16.2 Å². The SMILES string of the molecule is O=C(NC[C@@H](Cc1cccc(F)c1)N1CCNC1=O)c1ccc(=O)[nH]c1. The summed E-state index contributed by atoms with van der Waals surface area (Å²) in [7, 11) is 0. The van der Waals surface area contributed by atoms with Gasteiger partial charge in [-0.1, -0.05) is 12.1 Å². The summed E-state index contributed by atoms with van der Waals surface area (Å²) in [6.45, 7) is 1.27. The van der Waals surface area contributed by atoms with Crippen molar-refractivity contribution in [1.82, 2.24) is 20.5 Å². The van der Waals surface area contributed by atoms with Gasteiger partial charge in [-0.2, -0.15) is 0 Å². The van der Waals surface area contributed by atoms with Crippen molar-refractivity contribution in [1.29, 1.82) is 0 Å². The van der Waals surface area contributed by atoms with E-state index in [1.165, 1.54) is 30.5 Å². The van der Waals surface area contributed by atoms with Crippen molar-refractivity contribution in [3.05, 3.63) is 69.9 Å². The number of halogens is 1. The monoisotopic (exact) mass is 358 g/mol. The van der Waals surface area contributed by atoms with Gasteiger partial charge in [0.15, 0.2) is 0 Å². The van der Waals surface area contributed by atoms with Crippen LogP contribution in [-0.2, 0) is 6.42 Å². The summed E-state index contributed by atoms with van der Waals surface area (Å²) in [5, 5.41) is 5.51. The zero-order valence-electron chi connectivity index (χ0n) is 14.0. The average molecular weight is 358 g/mol. The summed E-state index contributed by atoms with van der Waals surface area (Å²) in [5.74, 6) is -0.700. The van der Waals surface area contributed by atoms with E-state index in [1.807, 2.05) is 0 Å². The number of amides is 3. The van der Waals surface area contributed by atoms with E-state index in [2.05, 4.69) is 15.6 Å². The molecule has 0 saturated carbocycles. The van der Waals surface area contributed by atoms with Crippen molar-refractivity contribution in [3.63, 3.8) is 0 Å². The molecule has 0 aliphatic carbocycles. The summed E-state index contributed by atoms with van der Waals surface area (Å²) in [4.78, 5) is 39.4. The van der Waals surface area contributed by atoms with Gasteiger partial charge in [0.1, 0.15) is 5.82 Å². The highest BCUT2D eigenvalue weighted by atomic mass is 19.1. The smallest absolute Gasteiger partial charge is 0.317 e. The fourth-order valence-electron chi connectivity index (χ4n) is 2.93. The number of urea groups is 1. The Bertz CT molecular complexity index is 847. The molecule has 0 bridgehead atoms. The molecule has 1 aromatic carbocycles. The summed E-state index contributed by atoms with van der Waals surface area (Å²) in [5.41, 5.74) is 0.771. The third-order valence-electron chi connectivity index (χ3n) is 4.24. The number of aromatic amines is 1. The molecule has 0 unspecified atom stereocenters. The normalized spacial score (nSPS) is 14.8. The maximum atomic E-state index is 13.4. The highest BCUT2D eigenvalue weighted by Crippen LogP contribution is 2.13. The van der Waals surface area contributed by atoms with Crippen LogP contribution in [0.15, 0.2) is 47.4 Å².